The maximum atomic E-state index is 11.9. The highest BCUT2D eigenvalue weighted by Gasteiger charge is 2.18. The van der Waals surface area contributed by atoms with Gasteiger partial charge in [0.25, 0.3) is 0 Å². The van der Waals surface area contributed by atoms with Crippen LogP contribution in [0.2, 0.25) is 0 Å². The van der Waals surface area contributed by atoms with Gasteiger partial charge in [-0.15, -0.1) is 12.4 Å². The predicted octanol–water partition coefficient (Wildman–Crippen LogP) is 2.81. The van der Waals surface area contributed by atoms with Gasteiger partial charge in [-0.25, -0.2) is 4.79 Å². The van der Waals surface area contributed by atoms with Crippen molar-refractivity contribution in [1.82, 2.24) is 10.2 Å². The molecule has 0 aliphatic heterocycles. The third-order valence-electron chi connectivity index (χ3n) is 3.09. The lowest BCUT2D eigenvalue weighted by atomic mass is 10.0. The van der Waals surface area contributed by atoms with E-state index < -0.39 is 0 Å². The highest BCUT2D eigenvalue weighted by molar-refractivity contribution is 9.10. The summed E-state index contributed by atoms with van der Waals surface area (Å²) in [5, 5.41) is 7.98. The maximum Gasteiger partial charge on any atom is 0.338 e. The molecule has 0 amide bonds. The average Bonchev–Trinajstić information content (AvgIpc) is 2.79. The molecule has 0 fully saturated rings. The first-order valence-electron chi connectivity index (χ1n) is 6.07. The lowest BCUT2D eigenvalue weighted by molar-refractivity contribution is 0.0603. The first-order valence-corrected chi connectivity index (χ1v) is 6.86. The fourth-order valence-corrected chi connectivity index (χ4v) is 2.45. The van der Waals surface area contributed by atoms with Gasteiger partial charge >= 0.3 is 5.97 Å². The number of esters is 1. The number of carbonyl (C=O) groups excluding carboxylic acids is 1. The summed E-state index contributed by atoms with van der Waals surface area (Å²) in [6.45, 7) is 2.03. The van der Waals surface area contributed by atoms with Crippen LogP contribution in [0, 0.1) is 0 Å². The number of aromatic amines is 1. The lowest BCUT2D eigenvalue weighted by Gasteiger charge is -2.08. The molecule has 0 saturated carbocycles. The number of methoxy groups -OCH3 is 1. The Bertz CT molecular complexity index is 615. The van der Waals surface area contributed by atoms with Crippen molar-refractivity contribution >= 4 is 45.2 Å². The molecule has 0 spiro atoms. The van der Waals surface area contributed by atoms with Crippen LogP contribution in [0.4, 0.5) is 0 Å². The van der Waals surface area contributed by atoms with Gasteiger partial charge in [-0.2, -0.15) is 5.10 Å². The van der Waals surface area contributed by atoms with Crippen LogP contribution < -0.4 is 5.73 Å². The minimum atomic E-state index is -0.376. The summed E-state index contributed by atoms with van der Waals surface area (Å²) >= 11 is 3.37. The van der Waals surface area contributed by atoms with E-state index in [9.17, 15) is 4.79 Å². The van der Waals surface area contributed by atoms with E-state index >= 15 is 0 Å². The molecule has 7 heteroatoms. The molecule has 0 aliphatic rings. The number of fused-ring (bicyclic) bond motifs is 1. The molecule has 2 rings (SSSR count). The molecule has 1 heterocycles. The number of ether oxygens (including phenoxy) is 1. The number of H-pyrrole nitrogens is 1. The Balaban J connectivity index is 0.00000200. The minimum absolute atomic E-state index is 0. The molecule has 3 N–H and O–H groups in total. The summed E-state index contributed by atoms with van der Waals surface area (Å²) in [6, 6.07) is 3.64. The van der Waals surface area contributed by atoms with Crippen molar-refractivity contribution in [2.75, 3.05) is 7.11 Å². The molecule has 0 bridgehead atoms. The highest BCUT2D eigenvalue weighted by Crippen LogP contribution is 2.27. The van der Waals surface area contributed by atoms with Crippen molar-refractivity contribution in [1.29, 1.82) is 0 Å². The van der Waals surface area contributed by atoms with Gasteiger partial charge in [0, 0.05) is 28.0 Å². The Morgan fingerprint density at radius 3 is 2.85 bits per heavy atom. The van der Waals surface area contributed by atoms with E-state index in [1.807, 2.05) is 13.0 Å². The zero-order chi connectivity index (χ0) is 14.0. The van der Waals surface area contributed by atoms with Crippen LogP contribution in [-0.2, 0) is 11.2 Å². The Labute approximate surface area is 131 Å². The van der Waals surface area contributed by atoms with Crippen molar-refractivity contribution in [3.63, 3.8) is 0 Å². The largest absolute Gasteiger partial charge is 0.465 e. The third kappa shape index (κ3) is 3.31. The Morgan fingerprint density at radius 2 is 2.25 bits per heavy atom. The van der Waals surface area contributed by atoms with Crippen molar-refractivity contribution in [2.24, 2.45) is 5.73 Å². The summed E-state index contributed by atoms with van der Waals surface area (Å²) in [5.41, 5.74) is 8.07. The van der Waals surface area contributed by atoms with Crippen LogP contribution >= 0.6 is 28.3 Å². The predicted molar refractivity (Wildman–Crippen MR) is 84.4 cm³/mol. The first-order chi connectivity index (χ1) is 9.06. The number of hydrogen-bond acceptors (Lipinski definition) is 4. The zero-order valence-corrected chi connectivity index (χ0v) is 13.7. The fraction of sp³-hybridized carbons (Fsp3) is 0.385. The van der Waals surface area contributed by atoms with Gasteiger partial charge in [-0.3, -0.25) is 5.10 Å². The fourth-order valence-electron chi connectivity index (χ4n) is 2.01. The third-order valence-corrected chi connectivity index (χ3v) is 3.55. The van der Waals surface area contributed by atoms with E-state index in [-0.39, 0.29) is 24.4 Å². The van der Waals surface area contributed by atoms with E-state index in [0.717, 1.165) is 27.5 Å². The van der Waals surface area contributed by atoms with E-state index in [2.05, 4.69) is 26.1 Å². The molecule has 0 aliphatic carbocycles. The van der Waals surface area contributed by atoms with Crippen molar-refractivity contribution < 1.29 is 9.53 Å². The first kappa shape index (κ1) is 16.9. The van der Waals surface area contributed by atoms with Crippen molar-refractivity contribution in [3.8, 4) is 0 Å². The number of halogens is 2. The number of carbonyl (C=O) groups is 1. The topological polar surface area (TPSA) is 81.0 Å². The minimum Gasteiger partial charge on any atom is -0.465 e. The van der Waals surface area contributed by atoms with Crippen LogP contribution in [0.25, 0.3) is 10.9 Å². The molecule has 110 valence electrons. The van der Waals surface area contributed by atoms with Gasteiger partial charge in [-0.1, -0.05) is 22.9 Å². The molecule has 0 saturated heterocycles. The lowest BCUT2D eigenvalue weighted by Crippen LogP contribution is -2.21. The summed E-state index contributed by atoms with van der Waals surface area (Å²) in [6.07, 6.45) is 1.52. The van der Waals surface area contributed by atoms with Crippen molar-refractivity contribution in [2.45, 2.75) is 25.8 Å². The highest BCUT2D eigenvalue weighted by atomic mass is 79.9. The standard InChI is InChI=1S/C13H16BrN3O2.ClH/c1-3-8(15)6-11-12-9(13(18)19-2)4-7(14)5-10(12)16-17-11;/h4-5,8H,3,6,15H2,1-2H3,(H,16,17);1H. The number of nitrogens with one attached hydrogen (secondary N) is 1. The van der Waals surface area contributed by atoms with Gasteiger partial charge in [0.1, 0.15) is 0 Å². The number of rotatable bonds is 4. The van der Waals surface area contributed by atoms with Crippen molar-refractivity contribution in [3.05, 3.63) is 27.9 Å². The van der Waals surface area contributed by atoms with Gasteiger partial charge in [0.15, 0.2) is 0 Å². The second-order valence-electron chi connectivity index (χ2n) is 4.41. The molecular weight excluding hydrogens is 346 g/mol. The second kappa shape index (κ2) is 7.06. The number of nitrogens with zero attached hydrogens (tertiary/aromatic N) is 1. The van der Waals surface area contributed by atoms with Gasteiger partial charge in [0.2, 0.25) is 0 Å². The van der Waals surface area contributed by atoms with Crippen LogP contribution in [0.15, 0.2) is 16.6 Å². The molecule has 1 aromatic carbocycles. The molecule has 1 aromatic heterocycles. The van der Waals surface area contributed by atoms with E-state index in [0.29, 0.717) is 12.0 Å². The summed E-state index contributed by atoms with van der Waals surface area (Å²) < 4.78 is 5.61. The molecule has 1 unspecified atom stereocenters. The van der Waals surface area contributed by atoms with Crippen LogP contribution in [-0.4, -0.2) is 29.3 Å². The smallest absolute Gasteiger partial charge is 0.338 e. The van der Waals surface area contributed by atoms with E-state index in [4.69, 9.17) is 10.5 Å². The monoisotopic (exact) mass is 361 g/mol. The Kier molecular flexibility index (Phi) is 5.98. The summed E-state index contributed by atoms with van der Waals surface area (Å²) in [7, 11) is 1.37. The van der Waals surface area contributed by atoms with Crippen LogP contribution in [0.5, 0.6) is 0 Å². The Hall–Kier alpha value is -1.11. The molecule has 2 aromatic rings. The molecule has 20 heavy (non-hydrogen) atoms. The van der Waals surface area contributed by atoms with Crippen LogP contribution in [0.1, 0.15) is 29.4 Å². The van der Waals surface area contributed by atoms with E-state index in [1.54, 1.807) is 6.07 Å². The number of hydrogen-bond donors (Lipinski definition) is 2. The van der Waals surface area contributed by atoms with Crippen LogP contribution in [0.3, 0.4) is 0 Å². The molecule has 5 nitrogen and oxygen atoms in total. The molecule has 1 atom stereocenters. The van der Waals surface area contributed by atoms with Gasteiger partial charge in [0.05, 0.1) is 18.2 Å². The Morgan fingerprint density at radius 1 is 1.55 bits per heavy atom. The summed E-state index contributed by atoms with van der Waals surface area (Å²) in [5.74, 6) is -0.376. The molecular formula is C13H17BrClN3O2. The second-order valence-corrected chi connectivity index (χ2v) is 5.33. The normalized spacial score (nSPS) is 12.0. The SMILES string of the molecule is CCC(N)Cc1[nH]nc2cc(Br)cc(C(=O)OC)c12.Cl. The number of aromatic nitrogens is 2. The summed E-state index contributed by atoms with van der Waals surface area (Å²) in [4.78, 5) is 11.9. The van der Waals surface area contributed by atoms with Gasteiger partial charge in [-0.05, 0) is 18.6 Å². The maximum absolute atomic E-state index is 11.9. The number of nitrogens with two attached hydrogens (primary N) is 1. The molecule has 0 radical (unpaired) electrons. The zero-order valence-electron chi connectivity index (χ0n) is 11.3. The average molecular weight is 363 g/mol. The van der Waals surface area contributed by atoms with Gasteiger partial charge < -0.3 is 10.5 Å². The number of benzene rings is 1. The quantitative estimate of drug-likeness (QED) is 0.820. The van der Waals surface area contributed by atoms with E-state index in [1.165, 1.54) is 7.11 Å².